The van der Waals surface area contributed by atoms with Crippen LogP contribution in [0.25, 0.3) is 0 Å². The molecule has 0 spiro atoms. The SMILES string of the molecule is CCO[P+](=O)C1=C[C@@H](OC(CC)CC)[C@H](NC(C)=O)[C@@H](N)C1. The average Bonchev–Trinajstić information content (AvgIpc) is 2.47. The summed E-state index contributed by atoms with van der Waals surface area (Å²) in [6, 6.07) is -0.658. The van der Waals surface area contributed by atoms with Crippen LogP contribution in [0.5, 0.6) is 0 Å². The average molecular weight is 331 g/mol. The van der Waals surface area contributed by atoms with E-state index < -0.39 is 8.03 Å². The predicted molar refractivity (Wildman–Crippen MR) is 86.8 cm³/mol. The van der Waals surface area contributed by atoms with Gasteiger partial charge in [0.2, 0.25) is 11.2 Å². The minimum absolute atomic E-state index is 0.0778. The molecule has 1 amide bonds. The van der Waals surface area contributed by atoms with Crippen LogP contribution in [0.3, 0.4) is 0 Å². The molecule has 6 nitrogen and oxygen atoms in total. The Labute approximate surface area is 133 Å². The summed E-state index contributed by atoms with van der Waals surface area (Å²) in [7, 11) is -1.89. The van der Waals surface area contributed by atoms with Crippen molar-refractivity contribution in [3.63, 3.8) is 0 Å². The summed E-state index contributed by atoms with van der Waals surface area (Å²) in [5.74, 6) is -0.148. The molecule has 0 aromatic heterocycles. The summed E-state index contributed by atoms with van der Waals surface area (Å²) in [6.45, 7) is 7.75. The van der Waals surface area contributed by atoms with Gasteiger partial charge in [-0.15, -0.1) is 4.52 Å². The number of nitrogens with two attached hydrogens (primary N) is 1. The first-order valence-electron chi connectivity index (χ1n) is 7.91. The summed E-state index contributed by atoms with van der Waals surface area (Å²) in [5.41, 5.74) is 6.18. The Bertz CT molecular complexity index is 424. The molecular weight excluding hydrogens is 303 g/mol. The highest BCUT2D eigenvalue weighted by molar-refractivity contribution is 7.44. The van der Waals surface area contributed by atoms with Gasteiger partial charge in [0.1, 0.15) is 12.7 Å². The Morgan fingerprint density at radius 1 is 1.45 bits per heavy atom. The van der Waals surface area contributed by atoms with Crippen LogP contribution in [0.2, 0.25) is 0 Å². The number of nitrogens with one attached hydrogen (secondary N) is 1. The Balaban J connectivity index is 2.98. The van der Waals surface area contributed by atoms with E-state index in [1.54, 1.807) is 6.92 Å². The molecule has 0 radical (unpaired) electrons. The smallest absolute Gasteiger partial charge is 0.369 e. The largest absolute Gasteiger partial charge is 0.543 e. The molecule has 0 bridgehead atoms. The molecular formula is C15H28N2O4P+. The van der Waals surface area contributed by atoms with Crippen molar-refractivity contribution < 1.29 is 18.6 Å². The van der Waals surface area contributed by atoms with E-state index in [1.165, 1.54) is 6.92 Å². The van der Waals surface area contributed by atoms with E-state index in [1.807, 2.05) is 6.08 Å². The number of hydrogen-bond donors (Lipinski definition) is 2. The number of hydrogen-bond acceptors (Lipinski definition) is 5. The molecule has 0 saturated heterocycles. The van der Waals surface area contributed by atoms with Gasteiger partial charge in [-0.25, -0.2) is 0 Å². The Morgan fingerprint density at radius 2 is 2.09 bits per heavy atom. The van der Waals surface area contributed by atoms with E-state index in [2.05, 4.69) is 19.2 Å². The minimum Gasteiger partial charge on any atom is -0.369 e. The number of amides is 1. The van der Waals surface area contributed by atoms with Crippen molar-refractivity contribution in [2.24, 2.45) is 5.73 Å². The lowest BCUT2D eigenvalue weighted by atomic mass is 9.93. The van der Waals surface area contributed by atoms with Crippen molar-refractivity contribution in [2.45, 2.75) is 71.2 Å². The molecule has 1 rings (SSSR count). The summed E-state index contributed by atoms with van der Waals surface area (Å²) >= 11 is 0. The number of rotatable bonds is 8. The van der Waals surface area contributed by atoms with Gasteiger partial charge in [-0.2, -0.15) is 0 Å². The Morgan fingerprint density at radius 3 is 2.59 bits per heavy atom. The molecule has 0 heterocycles. The predicted octanol–water partition coefficient (Wildman–Crippen LogP) is 2.46. The van der Waals surface area contributed by atoms with Gasteiger partial charge in [0.25, 0.3) is 0 Å². The third-order valence-corrected chi connectivity index (χ3v) is 5.02. The van der Waals surface area contributed by atoms with Crippen molar-refractivity contribution >= 4 is 13.9 Å². The molecule has 7 heteroatoms. The molecule has 0 fully saturated rings. The van der Waals surface area contributed by atoms with Crippen LogP contribution in [0.1, 0.15) is 47.0 Å². The van der Waals surface area contributed by atoms with Crippen molar-refractivity contribution in [3.05, 3.63) is 11.4 Å². The molecule has 4 atom stereocenters. The fourth-order valence-electron chi connectivity index (χ4n) is 2.56. The maximum atomic E-state index is 12.1. The normalized spacial score (nSPS) is 25.8. The van der Waals surface area contributed by atoms with Gasteiger partial charge in [0.05, 0.1) is 12.1 Å². The number of carbonyl (C=O) groups excluding carboxylic acids is 1. The van der Waals surface area contributed by atoms with Crippen LogP contribution < -0.4 is 11.1 Å². The van der Waals surface area contributed by atoms with Gasteiger partial charge < -0.3 is 15.8 Å². The summed E-state index contributed by atoms with van der Waals surface area (Å²) in [4.78, 5) is 11.4. The molecule has 126 valence electrons. The molecule has 0 aromatic rings. The molecule has 0 aliphatic heterocycles. The van der Waals surface area contributed by atoms with Crippen LogP contribution in [0, 0.1) is 0 Å². The van der Waals surface area contributed by atoms with Crippen molar-refractivity contribution in [3.8, 4) is 0 Å². The second-order valence-corrected chi connectivity index (χ2v) is 6.81. The zero-order valence-electron chi connectivity index (χ0n) is 13.9. The third-order valence-electron chi connectivity index (χ3n) is 3.73. The van der Waals surface area contributed by atoms with Crippen molar-refractivity contribution in [2.75, 3.05) is 6.61 Å². The van der Waals surface area contributed by atoms with Crippen LogP contribution in [-0.4, -0.2) is 36.8 Å². The molecule has 0 saturated carbocycles. The van der Waals surface area contributed by atoms with E-state index in [9.17, 15) is 9.36 Å². The molecule has 3 N–H and O–H groups in total. The number of carbonyl (C=O) groups is 1. The highest BCUT2D eigenvalue weighted by Crippen LogP contribution is 2.40. The van der Waals surface area contributed by atoms with Gasteiger partial charge in [-0.1, -0.05) is 13.8 Å². The first kappa shape index (κ1) is 19.2. The minimum atomic E-state index is -1.89. The van der Waals surface area contributed by atoms with E-state index in [-0.39, 0.29) is 30.2 Å². The van der Waals surface area contributed by atoms with E-state index in [0.29, 0.717) is 18.3 Å². The van der Waals surface area contributed by atoms with Gasteiger partial charge >= 0.3 is 8.03 Å². The van der Waals surface area contributed by atoms with E-state index in [0.717, 1.165) is 12.8 Å². The van der Waals surface area contributed by atoms with E-state index >= 15 is 0 Å². The van der Waals surface area contributed by atoms with E-state index in [4.69, 9.17) is 15.0 Å². The maximum Gasteiger partial charge on any atom is 0.543 e. The molecule has 22 heavy (non-hydrogen) atoms. The quantitative estimate of drug-likeness (QED) is 0.667. The van der Waals surface area contributed by atoms with Gasteiger partial charge in [0.15, 0.2) is 0 Å². The maximum absolute atomic E-state index is 12.1. The summed E-state index contributed by atoms with van der Waals surface area (Å²) in [5, 5.41) is 3.53. The molecule has 0 aromatic carbocycles. The molecule has 1 aliphatic rings. The standard InChI is InChI=1S/C15H27N2O4P/c1-5-11(6-2)21-14-9-12(22(19)20-7-3)8-13(16)15(14)17-10(4)18/h9,11,13-15H,5-8,16H2,1-4H3/p+1/t13-,14+,15+/m0/s1. The monoisotopic (exact) mass is 331 g/mol. The summed E-state index contributed by atoms with van der Waals surface area (Å²) < 4.78 is 23.4. The van der Waals surface area contributed by atoms with Gasteiger partial charge in [-0.3, -0.25) is 4.79 Å². The lowest BCUT2D eigenvalue weighted by Gasteiger charge is -2.34. The van der Waals surface area contributed by atoms with Crippen LogP contribution in [0.15, 0.2) is 11.4 Å². The van der Waals surface area contributed by atoms with Crippen LogP contribution >= 0.6 is 8.03 Å². The Kier molecular flexibility index (Phi) is 8.18. The highest BCUT2D eigenvalue weighted by Gasteiger charge is 2.40. The Hall–Kier alpha value is -0.810. The fraction of sp³-hybridized carbons (Fsp3) is 0.800. The first-order chi connectivity index (χ1) is 10.4. The fourth-order valence-corrected chi connectivity index (χ4v) is 3.59. The third kappa shape index (κ3) is 5.43. The first-order valence-corrected chi connectivity index (χ1v) is 9.09. The van der Waals surface area contributed by atoms with Crippen LogP contribution in [-0.2, 0) is 18.6 Å². The van der Waals surface area contributed by atoms with Crippen molar-refractivity contribution in [1.29, 1.82) is 0 Å². The second-order valence-electron chi connectivity index (χ2n) is 5.47. The topological polar surface area (TPSA) is 90.6 Å². The molecule has 1 unspecified atom stereocenters. The number of ether oxygens (including phenoxy) is 1. The van der Waals surface area contributed by atoms with Crippen molar-refractivity contribution in [1.82, 2.24) is 5.32 Å². The second kappa shape index (κ2) is 9.36. The lowest BCUT2D eigenvalue weighted by molar-refractivity contribution is -0.121. The summed E-state index contributed by atoms with van der Waals surface area (Å²) in [6.07, 6.45) is 3.69. The zero-order valence-corrected chi connectivity index (χ0v) is 14.8. The zero-order chi connectivity index (χ0) is 16.7. The highest BCUT2D eigenvalue weighted by atomic mass is 31.1. The lowest BCUT2D eigenvalue weighted by Crippen LogP contribution is -2.56. The molecule has 1 aliphatic carbocycles. The van der Waals surface area contributed by atoms with Gasteiger partial charge in [-0.05, 0) is 30.4 Å². The van der Waals surface area contributed by atoms with Gasteiger partial charge in [0, 0.05) is 19.4 Å². The van der Waals surface area contributed by atoms with Crippen LogP contribution in [0.4, 0.5) is 0 Å².